The van der Waals surface area contributed by atoms with Gasteiger partial charge in [-0.15, -0.1) is 0 Å². The first-order valence-corrected chi connectivity index (χ1v) is 25.1. The molecule has 2 aliphatic carbocycles. The van der Waals surface area contributed by atoms with Gasteiger partial charge in [-0.1, -0.05) is 45.2 Å². The molecule has 2 unspecified atom stereocenters. The van der Waals surface area contributed by atoms with E-state index < -0.39 is 61.2 Å². The van der Waals surface area contributed by atoms with Gasteiger partial charge in [0.25, 0.3) is 11.8 Å². The lowest BCUT2D eigenvalue weighted by Gasteiger charge is -2.25. The molecule has 0 fully saturated rings. The molecule has 27 heteroatoms. The van der Waals surface area contributed by atoms with E-state index in [-0.39, 0.29) is 132 Å². The molecule has 62 heavy (non-hydrogen) atoms. The van der Waals surface area contributed by atoms with Crippen molar-refractivity contribution in [3.8, 4) is 0 Å². The second-order valence-corrected chi connectivity index (χ2v) is 19.3. The normalized spacial score (nSPS) is 18.4. The molecule has 342 valence electrons. The number of carbonyl (C=O) groups excluding carboxylic acids is 8. The topological polar surface area (TPSA) is 335 Å². The van der Waals surface area contributed by atoms with Crippen molar-refractivity contribution in [1.82, 2.24) is 31.9 Å². The van der Waals surface area contributed by atoms with Crippen molar-refractivity contribution in [1.29, 1.82) is 0 Å². The number of allylic oxidation sites excluding steroid dienone is 2. The van der Waals surface area contributed by atoms with Crippen LogP contribution in [0.5, 0.6) is 0 Å². The van der Waals surface area contributed by atoms with E-state index >= 15 is 0 Å². The zero-order chi connectivity index (χ0) is 46.7. The molecule has 21 nitrogen and oxygen atoms in total. The van der Waals surface area contributed by atoms with Gasteiger partial charge in [-0.05, 0) is 90.4 Å². The van der Waals surface area contributed by atoms with E-state index in [4.69, 9.17) is 10.2 Å². The first-order chi connectivity index (χ1) is 29.4. The number of halogens is 6. The fourth-order valence-corrected chi connectivity index (χ4v) is 14.6. The number of nitrogens with zero attached hydrogens (tertiary/aromatic N) is 2. The van der Waals surface area contributed by atoms with E-state index in [1.165, 1.54) is 0 Å². The average Bonchev–Trinajstić information content (AvgIpc) is 3.23. The minimum Gasteiger partial charge on any atom is -0.395 e. The summed E-state index contributed by atoms with van der Waals surface area (Å²) in [5.41, 5.74) is 0.587. The molecule has 2 aliphatic rings. The number of hydrogen-bond acceptors (Lipinski definition) is 13. The number of hydrogen-bond donors (Lipinski definition) is 11. The summed E-state index contributed by atoms with van der Waals surface area (Å²) in [4.78, 5) is 111. The maximum absolute atomic E-state index is 13.0. The highest BCUT2D eigenvalue weighted by Gasteiger charge is 2.39. The van der Waals surface area contributed by atoms with E-state index in [0.29, 0.717) is 7.16 Å². The van der Waals surface area contributed by atoms with Crippen LogP contribution >= 0.6 is 136 Å². The van der Waals surface area contributed by atoms with Gasteiger partial charge in [0.2, 0.25) is 35.4 Å². The van der Waals surface area contributed by atoms with Crippen molar-refractivity contribution in [3.63, 3.8) is 0 Å². The zero-order valence-corrected chi connectivity index (χ0v) is 45.2. The molecule has 0 bridgehead atoms. The van der Waals surface area contributed by atoms with Crippen LogP contribution in [0.3, 0.4) is 0 Å². The maximum Gasteiger partial charge on any atom is 0.253 e. The predicted molar refractivity (Wildman–Crippen MR) is 276 cm³/mol. The second kappa shape index (κ2) is 29.3. The number of aliphatic hydroxyl groups excluding tert-OH is 5. The lowest BCUT2D eigenvalue weighted by molar-refractivity contribution is -0.125. The molecule has 0 aromatic carbocycles. The van der Waals surface area contributed by atoms with E-state index in [9.17, 15) is 53.7 Å². The van der Waals surface area contributed by atoms with Crippen LogP contribution in [0.25, 0.3) is 0 Å². The van der Waals surface area contributed by atoms with E-state index in [0.717, 1.165) is 0 Å². The first-order valence-electron chi connectivity index (χ1n) is 18.2. The Labute approximate surface area is 436 Å². The van der Waals surface area contributed by atoms with Crippen LogP contribution in [-0.2, 0) is 38.4 Å². The molecule has 11 N–H and O–H groups in total. The second-order valence-electron chi connectivity index (χ2n) is 12.5. The van der Waals surface area contributed by atoms with Crippen LogP contribution < -0.4 is 31.9 Å². The molecule has 0 radical (unpaired) electrons. The van der Waals surface area contributed by atoms with Gasteiger partial charge in [0.1, 0.15) is 0 Å². The van der Waals surface area contributed by atoms with Gasteiger partial charge in [-0.3, -0.25) is 38.4 Å². The molecule has 2 rings (SSSR count). The predicted octanol–water partition coefficient (Wildman–Crippen LogP) is -1.10. The molecule has 8 amide bonds. The Hall–Kier alpha value is -1.36. The van der Waals surface area contributed by atoms with Gasteiger partial charge in [0.15, 0.2) is 0 Å². The number of aliphatic hydroxyl groups is 5. The maximum atomic E-state index is 13.0. The van der Waals surface area contributed by atoms with Crippen LogP contribution in [-0.4, -0.2) is 164 Å². The van der Waals surface area contributed by atoms with Gasteiger partial charge in [-0.25, -0.2) is 9.98 Å². The van der Waals surface area contributed by atoms with Gasteiger partial charge in [-0.2, -0.15) is 0 Å². The monoisotopic (exact) mass is 1540 g/mol. The lowest BCUT2D eigenvalue weighted by Crippen LogP contribution is -2.40. The van der Waals surface area contributed by atoms with Crippen molar-refractivity contribution in [2.45, 2.75) is 39.6 Å². The van der Waals surface area contributed by atoms with Crippen LogP contribution in [0.1, 0.15) is 25.7 Å². The minimum absolute atomic E-state index is 0.0609. The zero-order valence-electron chi connectivity index (χ0n) is 32.3. The van der Waals surface area contributed by atoms with Crippen LogP contribution in [0.2, 0.25) is 0 Å². The molecule has 2 atom stereocenters. The van der Waals surface area contributed by atoms with Crippen molar-refractivity contribution in [3.05, 3.63) is 36.6 Å². The Balaban J connectivity index is 2.00. The first kappa shape index (κ1) is 56.8. The molecule has 0 aromatic rings. The summed E-state index contributed by atoms with van der Waals surface area (Å²) >= 11 is 11.2. The molecule has 0 saturated carbocycles. The van der Waals surface area contributed by atoms with E-state index in [1.807, 2.05) is 136 Å². The smallest absolute Gasteiger partial charge is 0.253 e. The standard InChI is InChI=1S/C35H42I6N8O13/c36-24-20(32(59)42-5-9-50)26(38)30(27(39)21(24)33(60)43-6-10-51)48-18(57)3-1-16(55)46-13-15(54)14-47-17(56)2-4-19(58)49-31-28(40)22(34(61)44-7-11-52)25(37)23(29(31)41)35(62)45-8-12-53/h15,26,28,50-54H,1-14H2,(H,42,59)(H,43,60)(H,44,61)(H,45,62)(H,46,55)(H,47,56). The SMILES string of the molecule is O=C(CCC(=O)NCC(O)CNC(=O)CCC(=O)N=C1C(I)=C(C(=O)NCCO)C(I)=C(C(=O)NCCO)C1I)N=C1C(I)=C(C(=O)NCCO)C(I)=C(C(=O)NCCO)C1I. The number of amides is 8. The Kier molecular flexibility index (Phi) is 26.8. The van der Waals surface area contributed by atoms with Gasteiger partial charge < -0.3 is 57.4 Å². The van der Waals surface area contributed by atoms with Crippen molar-refractivity contribution in [2.75, 3.05) is 65.7 Å². The van der Waals surface area contributed by atoms with Crippen LogP contribution in [0.15, 0.2) is 46.6 Å². The fraction of sp³-hybridized carbons (Fsp3) is 0.486. The third-order valence-electron chi connectivity index (χ3n) is 8.01. The number of nitrogens with one attached hydrogen (secondary N) is 6. The van der Waals surface area contributed by atoms with Crippen molar-refractivity contribution >= 4 is 194 Å². The highest BCUT2D eigenvalue weighted by atomic mass is 127. The van der Waals surface area contributed by atoms with Crippen molar-refractivity contribution < 1.29 is 63.9 Å². The summed E-state index contributed by atoms with van der Waals surface area (Å²) in [6, 6.07) is 0. The highest BCUT2D eigenvalue weighted by Crippen LogP contribution is 2.41. The van der Waals surface area contributed by atoms with Gasteiger partial charge in [0.05, 0.1) is 63.0 Å². The Morgan fingerprint density at radius 2 is 0.790 bits per heavy atom. The fourth-order valence-electron chi connectivity index (χ4n) is 5.06. The summed E-state index contributed by atoms with van der Waals surface area (Å²) in [6.07, 6.45) is -2.66. The summed E-state index contributed by atoms with van der Waals surface area (Å²) < 4.78 is -0.416. The average molecular weight is 1540 g/mol. The van der Waals surface area contributed by atoms with Crippen molar-refractivity contribution in [2.24, 2.45) is 9.98 Å². The number of aliphatic imine (C=N–C) groups is 2. The van der Waals surface area contributed by atoms with Gasteiger partial charge in [0, 0.05) is 90.4 Å². The quantitative estimate of drug-likeness (QED) is 0.0454. The lowest BCUT2D eigenvalue weighted by atomic mass is 9.96. The number of rotatable bonds is 22. The molecular weight excluding hydrogens is 1500 g/mol. The molecule has 0 aliphatic heterocycles. The largest absolute Gasteiger partial charge is 0.395 e. The third-order valence-corrected chi connectivity index (χ3v) is 14.9. The third kappa shape index (κ3) is 17.1. The van der Waals surface area contributed by atoms with E-state index in [2.05, 4.69) is 41.9 Å². The molecule has 0 aromatic heterocycles. The number of alkyl halides is 2. The van der Waals surface area contributed by atoms with Crippen LogP contribution in [0, 0.1) is 0 Å². The highest BCUT2D eigenvalue weighted by molar-refractivity contribution is 14.1. The van der Waals surface area contributed by atoms with E-state index in [1.54, 1.807) is 0 Å². The Morgan fingerprint density at radius 3 is 1.10 bits per heavy atom. The summed E-state index contributed by atoms with van der Waals surface area (Å²) in [6.45, 7) is -2.20. The molecule has 0 heterocycles. The van der Waals surface area contributed by atoms with Crippen LogP contribution in [0.4, 0.5) is 0 Å². The Bertz CT molecular complexity index is 1830. The molecule has 0 spiro atoms. The summed E-state index contributed by atoms with van der Waals surface area (Å²) in [5.74, 6) is -5.10. The van der Waals surface area contributed by atoms with Gasteiger partial charge >= 0.3 is 0 Å². The molecular formula is C35H42I6N8O13. The number of carbonyl (C=O) groups is 8. The Morgan fingerprint density at radius 1 is 0.484 bits per heavy atom. The summed E-state index contributed by atoms with van der Waals surface area (Å²) in [7, 11) is 0. The summed E-state index contributed by atoms with van der Waals surface area (Å²) in [5, 5.41) is 62.1. The molecule has 0 saturated heterocycles. The minimum atomic E-state index is -1.25.